The molecule has 0 unspecified atom stereocenters. The molecule has 2 rings (SSSR count). The second-order valence-electron chi connectivity index (χ2n) is 6.40. The maximum Gasteiger partial charge on any atom is 0.0776 e. The van der Waals surface area contributed by atoms with Crippen molar-refractivity contribution in [1.82, 2.24) is 0 Å². The Labute approximate surface area is 104 Å². The van der Waals surface area contributed by atoms with Crippen molar-refractivity contribution < 1.29 is 10.2 Å². The highest BCUT2D eigenvalue weighted by Gasteiger charge is 2.36. The standard InChI is InChI=1S/C14H22O2Si/c1-17(2,3)13-5-4-11-7-14(9-15,10-16)8-12(11)6-13/h4-6,15-16H,7-10H2,1-3H3. The Hall–Kier alpha value is -0.643. The molecule has 94 valence electrons. The van der Waals surface area contributed by atoms with Gasteiger partial charge in [0.2, 0.25) is 0 Å². The van der Waals surface area contributed by atoms with E-state index in [1.807, 2.05) is 0 Å². The lowest BCUT2D eigenvalue weighted by atomic mass is 9.87. The summed E-state index contributed by atoms with van der Waals surface area (Å²) in [4.78, 5) is 0. The van der Waals surface area contributed by atoms with E-state index in [2.05, 4.69) is 37.8 Å². The second kappa shape index (κ2) is 4.23. The van der Waals surface area contributed by atoms with E-state index in [4.69, 9.17) is 0 Å². The minimum Gasteiger partial charge on any atom is -0.396 e. The van der Waals surface area contributed by atoms with Crippen LogP contribution in [0.3, 0.4) is 0 Å². The van der Waals surface area contributed by atoms with E-state index in [0.29, 0.717) is 0 Å². The molecule has 1 aromatic carbocycles. The number of rotatable bonds is 3. The van der Waals surface area contributed by atoms with Gasteiger partial charge in [0.15, 0.2) is 0 Å². The van der Waals surface area contributed by atoms with Crippen LogP contribution in [0.4, 0.5) is 0 Å². The Bertz CT molecular complexity index is 417. The third-order valence-corrected chi connectivity index (χ3v) is 5.92. The first-order chi connectivity index (χ1) is 7.90. The Kier molecular flexibility index (Phi) is 3.19. The molecule has 0 fully saturated rings. The Morgan fingerprint density at radius 1 is 1.06 bits per heavy atom. The average Bonchev–Trinajstić information content (AvgIpc) is 2.66. The van der Waals surface area contributed by atoms with E-state index in [1.54, 1.807) is 0 Å². The van der Waals surface area contributed by atoms with Gasteiger partial charge >= 0.3 is 0 Å². The van der Waals surface area contributed by atoms with E-state index < -0.39 is 8.07 Å². The summed E-state index contributed by atoms with van der Waals surface area (Å²) in [5.41, 5.74) is 2.31. The van der Waals surface area contributed by atoms with Gasteiger partial charge in [-0.3, -0.25) is 0 Å². The fraction of sp³-hybridized carbons (Fsp3) is 0.571. The van der Waals surface area contributed by atoms with Crippen LogP contribution in [0.1, 0.15) is 11.1 Å². The summed E-state index contributed by atoms with van der Waals surface area (Å²) in [6.07, 6.45) is 1.62. The summed E-state index contributed by atoms with van der Waals surface area (Å²) in [5.74, 6) is 0. The van der Waals surface area contributed by atoms with E-state index in [1.165, 1.54) is 16.3 Å². The van der Waals surface area contributed by atoms with Crippen molar-refractivity contribution in [3.8, 4) is 0 Å². The summed E-state index contributed by atoms with van der Waals surface area (Å²) in [6.45, 7) is 7.17. The van der Waals surface area contributed by atoms with Gasteiger partial charge < -0.3 is 10.2 Å². The molecule has 0 radical (unpaired) electrons. The monoisotopic (exact) mass is 250 g/mol. The van der Waals surface area contributed by atoms with Crippen LogP contribution >= 0.6 is 0 Å². The van der Waals surface area contributed by atoms with Crippen molar-refractivity contribution in [1.29, 1.82) is 0 Å². The third-order valence-electron chi connectivity index (χ3n) is 3.87. The maximum absolute atomic E-state index is 9.47. The van der Waals surface area contributed by atoms with Gasteiger partial charge in [0, 0.05) is 5.41 Å². The molecule has 0 bridgehead atoms. The molecule has 1 aliphatic carbocycles. The summed E-state index contributed by atoms with van der Waals surface area (Å²) in [7, 11) is -1.27. The molecule has 0 saturated carbocycles. The molecule has 0 spiro atoms. The summed E-state index contributed by atoms with van der Waals surface area (Å²) in [5, 5.41) is 20.4. The number of aliphatic hydroxyl groups is 2. The van der Waals surface area contributed by atoms with Crippen LogP contribution < -0.4 is 5.19 Å². The minimum absolute atomic E-state index is 0.0699. The number of hydrogen-bond donors (Lipinski definition) is 2. The molecule has 17 heavy (non-hydrogen) atoms. The van der Waals surface area contributed by atoms with Crippen LogP contribution in [-0.2, 0) is 12.8 Å². The van der Waals surface area contributed by atoms with Gasteiger partial charge in [0.25, 0.3) is 0 Å². The first-order valence-electron chi connectivity index (χ1n) is 6.24. The Balaban J connectivity index is 2.34. The van der Waals surface area contributed by atoms with Gasteiger partial charge in [-0.1, -0.05) is 43.0 Å². The van der Waals surface area contributed by atoms with Gasteiger partial charge in [0.1, 0.15) is 0 Å². The Morgan fingerprint density at radius 3 is 2.18 bits per heavy atom. The highest BCUT2D eigenvalue weighted by molar-refractivity contribution is 6.88. The molecule has 0 heterocycles. The first-order valence-corrected chi connectivity index (χ1v) is 9.74. The molecular formula is C14H22O2Si. The van der Waals surface area contributed by atoms with Gasteiger partial charge in [-0.15, -0.1) is 0 Å². The van der Waals surface area contributed by atoms with E-state index >= 15 is 0 Å². The van der Waals surface area contributed by atoms with E-state index in [9.17, 15) is 10.2 Å². The van der Waals surface area contributed by atoms with Crippen molar-refractivity contribution in [3.05, 3.63) is 29.3 Å². The average molecular weight is 250 g/mol. The van der Waals surface area contributed by atoms with Gasteiger partial charge in [-0.2, -0.15) is 0 Å². The Morgan fingerprint density at radius 2 is 1.65 bits per heavy atom. The topological polar surface area (TPSA) is 40.5 Å². The third kappa shape index (κ3) is 2.32. The zero-order valence-electron chi connectivity index (χ0n) is 11.0. The highest BCUT2D eigenvalue weighted by atomic mass is 28.3. The molecule has 1 aromatic rings. The van der Waals surface area contributed by atoms with Crippen molar-refractivity contribution in [2.45, 2.75) is 32.5 Å². The minimum atomic E-state index is -1.27. The van der Waals surface area contributed by atoms with Crippen LogP contribution in [0.15, 0.2) is 18.2 Å². The molecule has 2 N–H and O–H groups in total. The molecule has 0 atom stereocenters. The largest absolute Gasteiger partial charge is 0.396 e. The molecule has 2 nitrogen and oxygen atoms in total. The lowest BCUT2D eigenvalue weighted by molar-refractivity contribution is 0.0634. The number of aliphatic hydroxyl groups excluding tert-OH is 2. The van der Waals surface area contributed by atoms with Crippen LogP contribution in [-0.4, -0.2) is 31.5 Å². The second-order valence-corrected chi connectivity index (χ2v) is 11.5. The SMILES string of the molecule is C[Si](C)(C)c1ccc2c(c1)CC(CO)(CO)C2. The fourth-order valence-corrected chi connectivity index (χ4v) is 3.76. The van der Waals surface area contributed by atoms with E-state index in [-0.39, 0.29) is 18.6 Å². The molecule has 0 saturated heterocycles. The van der Waals surface area contributed by atoms with E-state index in [0.717, 1.165) is 12.8 Å². The van der Waals surface area contributed by atoms with Crippen LogP contribution in [0.2, 0.25) is 19.6 Å². The predicted molar refractivity (Wildman–Crippen MR) is 73.4 cm³/mol. The number of benzene rings is 1. The highest BCUT2D eigenvalue weighted by Crippen LogP contribution is 2.36. The molecular weight excluding hydrogens is 228 g/mol. The lowest BCUT2D eigenvalue weighted by Crippen LogP contribution is -2.37. The molecule has 0 aliphatic heterocycles. The fourth-order valence-electron chi connectivity index (χ4n) is 2.57. The van der Waals surface area contributed by atoms with Crippen molar-refractivity contribution in [2.75, 3.05) is 13.2 Å². The predicted octanol–water partition coefficient (Wildman–Crippen LogP) is 1.30. The summed E-state index contributed by atoms with van der Waals surface area (Å²) >= 11 is 0. The quantitative estimate of drug-likeness (QED) is 0.794. The van der Waals surface area contributed by atoms with Gasteiger partial charge in [-0.25, -0.2) is 0 Å². The van der Waals surface area contributed by atoms with Gasteiger partial charge in [0.05, 0.1) is 21.3 Å². The van der Waals surface area contributed by atoms with Crippen LogP contribution in [0.5, 0.6) is 0 Å². The molecule has 0 amide bonds. The molecule has 3 heteroatoms. The summed E-state index contributed by atoms with van der Waals surface area (Å²) in [6, 6.07) is 6.72. The van der Waals surface area contributed by atoms with Crippen molar-refractivity contribution >= 4 is 13.3 Å². The number of fused-ring (bicyclic) bond motifs is 1. The number of hydrogen-bond acceptors (Lipinski definition) is 2. The zero-order valence-corrected chi connectivity index (χ0v) is 12.0. The van der Waals surface area contributed by atoms with Crippen LogP contribution in [0.25, 0.3) is 0 Å². The zero-order chi connectivity index (χ0) is 12.7. The normalized spacial score (nSPS) is 18.2. The molecule has 0 aromatic heterocycles. The maximum atomic E-state index is 9.47. The smallest absolute Gasteiger partial charge is 0.0776 e. The lowest BCUT2D eigenvalue weighted by Gasteiger charge is -2.22. The molecule has 1 aliphatic rings. The van der Waals surface area contributed by atoms with Crippen molar-refractivity contribution in [3.63, 3.8) is 0 Å². The first kappa shape index (κ1) is 12.8. The van der Waals surface area contributed by atoms with Gasteiger partial charge in [-0.05, 0) is 24.0 Å². The van der Waals surface area contributed by atoms with Crippen LogP contribution in [0, 0.1) is 5.41 Å². The summed E-state index contributed by atoms with van der Waals surface area (Å²) < 4.78 is 0. The van der Waals surface area contributed by atoms with Crippen molar-refractivity contribution in [2.24, 2.45) is 5.41 Å².